The molecule has 3 aromatic rings. The number of hydrogen-bond acceptors (Lipinski definition) is 5. The predicted molar refractivity (Wildman–Crippen MR) is 123 cm³/mol. The van der Waals surface area contributed by atoms with Crippen LogP contribution in [-0.4, -0.2) is 24.0 Å². The Morgan fingerprint density at radius 2 is 1.84 bits per heavy atom. The Labute approximate surface area is 187 Å². The van der Waals surface area contributed by atoms with Crippen LogP contribution in [0.3, 0.4) is 0 Å². The van der Waals surface area contributed by atoms with Gasteiger partial charge in [-0.25, -0.2) is 0 Å². The summed E-state index contributed by atoms with van der Waals surface area (Å²) in [5, 5.41) is 0. The fourth-order valence-electron chi connectivity index (χ4n) is 4.19. The highest BCUT2D eigenvalue weighted by Gasteiger charge is 2.34. The largest absolute Gasteiger partial charge is 0.493 e. The number of rotatable bonds is 5. The molecule has 162 valence electrons. The normalized spacial score (nSPS) is 17.3. The SMILES string of the molecule is CCOc1ccccc1/C=C1\Oc2c(ccc3c2CN(C(C)c2ccccc2)CO3)C1=O. The molecule has 0 spiro atoms. The number of benzene rings is 3. The molecule has 0 saturated heterocycles. The second-order valence-electron chi connectivity index (χ2n) is 7.94. The number of allylic oxidation sites excluding steroid dienone is 1. The minimum Gasteiger partial charge on any atom is -0.493 e. The Bertz CT molecular complexity index is 1190. The Kier molecular flexibility index (Phi) is 5.41. The van der Waals surface area contributed by atoms with Crippen LogP contribution in [0.2, 0.25) is 0 Å². The molecular weight excluding hydrogens is 402 g/mol. The first-order valence-corrected chi connectivity index (χ1v) is 10.9. The summed E-state index contributed by atoms with van der Waals surface area (Å²) in [6, 6.07) is 21.8. The quantitative estimate of drug-likeness (QED) is 0.495. The van der Waals surface area contributed by atoms with Gasteiger partial charge in [-0.05, 0) is 43.7 Å². The van der Waals surface area contributed by atoms with E-state index in [1.165, 1.54) is 5.56 Å². The van der Waals surface area contributed by atoms with Crippen LogP contribution in [0, 0.1) is 0 Å². The van der Waals surface area contributed by atoms with Gasteiger partial charge in [-0.3, -0.25) is 9.69 Å². The van der Waals surface area contributed by atoms with Gasteiger partial charge in [0, 0.05) is 18.2 Å². The van der Waals surface area contributed by atoms with E-state index in [1.54, 1.807) is 12.1 Å². The lowest BCUT2D eigenvalue weighted by Crippen LogP contribution is -2.34. The Morgan fingerprint density at radius 1 is 1.06 bits per heavy atom. The van der Waals surface area contributed by atoms with Gasteiger partial charge in [0.1, 0.15) is 24.0 Å². The first kappa shape index (κ1) is 20.3. The van der Waals surface area contributed by atoms with E-state index in [9.17, 15) is 4.79 Å². The predicted octanol–water partition coefficient (Wildman–Crippen LogP) is 5.61. The van der Waals surface area contributed by atoms with Crippen LogP contribution >= 0.6 is 0 Å². The average molecular weight is 428 g/mol. The van der Waals surface area contributed by atoms with E-state index in [0.717, 1.165) is 22.6 Å². The smallest absolute Gasteiger partial charge is 0.231 e. The fourth-order valence-corrected chi connectivity index (χ4v) is 4.19. The highest BCUT2D eigenvalue weighted by molar-refractivity contribution is 6.15. The Morgan fingerprint density at radius 3 is 2.66 bits per heavy atom. The molecule has 0 saturated carbocycles. The zero-order chi connectivity index (χ0) is 22.1. The monoisotopic (exact) mass is 427 g/mol. The number of ether oxygens (including phenoxy) is 3. The van der Waals surface area contributed by atoms with Gasteiger partial charge in [0.05, 0.1) is 17.7 Å². The van der Waals surface area contributed by atoms with Crippen LogP contribution in [0.5, 0.6) is 17.2 Å². The summed E-state index contributed by atoms with van der Waals surface area (Å²) in [5.41, 5.74) is 3.51. The van der Waals surface area contributed by atoms with Crippen molar-refractivity contribution in [3.63, 3.8) is 0 Å². The van der Waals surface area contributed by atoms with Crippen LogP contribution in [0.25, 0.3) is 6.08 Å². The molecule has 1 unspecified atom stereocenters. The molecule has 0 amide bonds. The second kappa shape index (κ2) is 8.52. The lowest BCUT2D eigenvalue weighted by molar-refractivity contribution is 0.0606. The van der Waals surface area contributed by atoms with Gasteiger partial charge in [0.15, 0.2) is 5.76 Å². The second-order valence-corrected chi connectivity index (χ2v) is 7.94. The van der Waals surface area contributed by atoms with Gasteiger partial charge < -0.3 is 14.2 Å². The molecule has 0 bridgehead atoms. The summed E-state index contributed by atoms with van der Waals surface area (Å²) in [5.74, 6) is 2.26. The topological polar surface area (TPSA) is 48.0 Å². The number of para-hydroxylation sites is 1. The summed E-state index contributed by atoms with van der Waals surface area (Å²) in [4.78, 5) is 15.3. The molecule has 3 aromatic carbocycles. The van der Waals surface area contributed by atoms with Crippen molar-refractivity contribution in [2.75, 3.05) is 13.3 Å². The van der Waals surface area contributed by atoms with Crippen molar-refractivity contribution in [2.24, 2.45) is 0 Å². The van der Waals surface area contributed by atoms with Crippen molar-refractivity contribution < 1.29 is 19.0 Å². The van der Waals surface area contributed by atoms with E-state index in [-0.39, 0.29) is 11.8 Å². The lowest BCUT2D eigenvalue weighted by Gasteiger charge is -2.34. The third kappa shape index (κ3) is 3.65. The number of nitrogens with zero attached hydrogens (tertiary/aromatic N) is 1. The van der Waals surface area contributed by atoms with Crippen molar-refractivity contribution in [3.05, 3.63) is 94.7 Å². The molecule has 2 aliphatic heterocycles. The summed E-state index contributed by atoms with van der Waals surface area (Å²) in [7, 11) is 0. The molecule has 5 nitrogen and oxygen atoms in total. The van der Waals surface area contributed by atoms with E-state index in [0.29, 0.717) is 37.0 Å². The summed E-state index contributed by atoms with van der Waals surface area (Å²) >= 11 is 0. The molecule has 0 radical (unpaired) electrons. The number of hydrogen-bond donors (Lipinski definition) is 0. The van der Waals surface area contributed by atoms with E-state index >= 15 is 0 Å². The fraction of sp³-hybridized carbons (Fsp3) is 0.222. The minimum atomic E-state index is -0.123. The molecule has 5 heteroatoms. The molecule has 1 atom stereocenters. The molecule has 32 heavy (non-hydrogen) atoms. The third-order valence-corrected chi connectivity index (χ3v) is 5.98. The molecule has 2 heterocycles. The van der Waals surface area contributed by atoms with E-state index in [1.807, 2.05) is 55.5 Å². The summed E-state index contributed by atoms with van der Waals surface area (Å²) in [6.45, 7) is 5.78. The summed E-state index contributed by atoms with van der Waals surface area (Å²) in [6.07, 6.45) is 1.76. The Hall–Kier alpha value is -3.57. The van der Waals surface area contributed by atoms with Crippen molar-refractivity contribution in [3.8, 4) is 17.2 Å². The van der Waals surface area contributed by atoms with E-state index in [2.05, 4.69) is 24.0 Å². The van der Waals surface area contributed by atoms with Gasteiger partial charge in [-0.2, -0.15) is 0 Å². The van der Waals surface area contributed by atoms with E-state index < -0.39 is 0 Å². The van der Waals surface area contributed by atoms with Crippen molar-refractivity contribution in [1.82, 2.24) is 4.90 Å². The van der Waals surface area contributed by atoms with Gasteiger partial charge in [0.2, 0.25) is 5.78 Å². The number of carbonyl (C=O) groups excluding carboxylic acids is 1. The van der Waals surface area contributed by atoms with Crippen LogP contribution in [-0.2, 0) is 6.54 Å². The summed E-state index contributed by atoms with van der Waals surface area (Å²) < 4.78 is 17.9. The Balaban J connectivity index is 1.45. The number of ketones is 1. The number of carbonyl (C=O) groups is 1. The highest BCUT2D eigenvalue weighted by atomic mass is 16.5. The molecule has 0 fully saturated rings. The maximum absolute atomic E-state index is 13.1. The molecule has 2 aliphatic rings. The van der Waals surface area contributed by atoms with Crippen molar-refractivity contribution in [1.29, 1.82) is 0 Å². The van der Waals surface area contributed by atoms with Crippen LogP contribution < -0.4 is 14.2 Å². The zero-order valence-electron chi connectivity index (χ0n) is 18.2. The maximum atomic E-state index is 13.1. The molecular formula is C27H25NO4. The third-order valence-electron chi connectivity index (χ3n) is 5.98. The molecule has 0 N–H and O–H groups in total. The first-order valence-electron chi connectivity index (χ1n) is 10.9. The maximum Gasteiger partial charge on any atom is 0.231 e. The van der Waals surface area contributed by atoms with Gasteiger partial charge in [0.25, 0.3) is 0 Å². The molecule has 0 aromatic heterocycles. The zero-order valence-corrected chi connectivity index (χ0v) is 18.2. The molecule has 0 aliphatic carbocycles. The molecule has 5 rings (SSSR count). The average Bonchev–Trinajstić information content (AvgIpc) is 3.16. The standard InChI is InChI=1S/C27H25NO4/c1-3-30-23-12-8-7-11-20(23)15-25-26(29)21-13-14-24-22(27(21)32-25)16-28(17-31-24)18(2)19-9-5-4-6-10-19/h4-15,18H,3,16-17H2,1-2H3/b25-15-. The van der Waals surface area contributed by atoms with Crippen molar-refractivity contribution >= 4 is 11.9 Å². The lowest BCUT2D eigenvalue weighted by atomic mass is 10.0. The van der Waals surface area contributed by atoms with Crippen LogP contribution in [0.1, 0.15) is 46.9 Å². The highest BCUT2D eigenvalue weighted by Crippen LogP contribution is 2.43. The van der Waals surface area contributed by atoms with E-state index in [4.69, 9.17) is 14.2 Å². The van der Waals surface area contributed by atoms with Crippen molar-refractivity contribution in [2.45, 2.75) is 26.4 Å². The van der Waals surface area contributed by atoms with Gasteiger partial charge in [-0.15, -0.1) is 0 Å². The first-order chi connectivity index (χ1) is 15.7. The van der Waals surface area contributed by atoms with Crippen LogP contribution in [0.15, 0.2) is 72.5 Å². The number of fused-ring (bicyclic) bond motifs is 3. The minimum absolute atomic E-state index is 0.123. The van der Waals surface area contributed by atoms with Crippen LogP contribution in [0.4, 0.5) is 0 Å². The van der Waals surface area contributed by atoms with Gasteiger partial charge >= 0.3 is 0 Å². The van der Waals surface area contributed by atoms with Gasteiger partial charge in [-0.1, -0.05) is 48.5 Å². The number of Topliss-reactive ketones (excluding diaryl/α,β-unsaturated/α-hetero) is 1.